The van der Waals surface area contributed by atoms with Crippen molar-refractivity contribution in [1.82, 2.24) is 0 Å². The molecule has 0 saturated carbocycles. The van der Waals surface area contributed by atoms with E-state index in [0.29, 0.717) is 22.1 Å². The SMILES string of the molecule is COc1c(Cl)ccc(CC(=O)O)c1OC. The molecule has 0 fully saturated rings. The molecule has 0 aliphatic rings. The van der Waals surface area contributed by atoms with Crippen molar-refractivity contribution >= 4 is 17.6 Å². The van der Waals surface area contributed by atoms with Gasteiger partial charge in [-0.05, 0) is 6.07 Å². The van der Waals surface area contributed by atoms with E-state index < -0.39 is 5.97 Å². The second-order valence-electron chi connectivity index (χ2n) is 2.84. The molecule has 0 unspecified atom stereocenters. The van der Waals surface area contributed by atoms with E-state index >= 15 is 0 Å². The van der Waals surface area contributed by atoms with Crippen LogP contribution in [0.5, 0.6) is 11.5 Å². The lowest BCUT2D eigenvalue weighted by atomic mass is 10.1. The summed E-state index contributed by atoms with van der Waals surface area (Å²) in [5, 5.41) is 9.08. The molecule has 0 aromatic heterocycles. The minimum absolute atomic E-state index is 0.128. The first-order valence-electron chi connectivity index (χ1n) is 4.21. The monoisotopic (exact) mass is 230 g/mol. The molecular formula is C10H11ClO4. The van der Waals surface area contributed by atoms with Crippen LogP contribution in [0.4, 0.5) is 0 Å². The molecule has 15 heavy (non-hydrogen) atoms. The standard InChI is InChI=1S/C10H11ClO4/c1-14-9-6(5-8(12)13)3-4-7(11)10(9)15-2/h3-4H,5H2,1-2H3,(H,12,13). The van der Waals surface area contributed by atoms with Crippen molar-refractivity contribution in [3.8, 4) is 11.5 Å². The Hall–Kier alpha value is -1.42. The number of aliphatic carboxylic acids is 1. The number of hydrogen-bond acceptors (Lipinski definition) is 3. The van der Waals surface area contributed by atoms with Gasteiger partial charge in [0.1, 0.15) is 0 Å². The van der Waals surface area contributed by atoms with Gasteiger partial charge < -0.3 is 14.6 Å². The summed E-state index contributed by atoms with van der Waals surface area (Å²) in [5.74, 6) is -0.206. The van der Waals surface area contributed by atoms with Gasteiger partial charge in [-0.25, -0.2) is 0 Å². The van der Waals surface area contributed by atoms with Crippen molar-refractivity contribution in [1.29, 1.82) is 0 Å². The summed E-state index contributed by atoms with van der Waals surface area (Å²) >= 11 is 5.86. The third-order valence-electron chi connectivity index (χ3n) is 1.90. The van der Waals surface area contributed by atoms with Crippen molar-refractivity contribution < 1.29 is 19.4 Å². The third-order valence-corrected chi connectivity index (χ3v) is 2.19. The van der Waals surface area contributed by atoms with Gasteiger partial charge in [0.15, 0.2) is 11.5 Å². The normalized spacial score (nSPS) is 9.80. The highest BCUT2D eigenvalue weighted by molar-refractivity contribution is 6.32. The Morgan fingerprint density at radius 1 is 1.33 bits per heavy atom. The Morgan fingerprint density at radius 3 is 2.40 bits per heavy atom. The van der Waals surface area contributed by atoms with Crippen molar-refractivity contribution in [2.45, 2.75) is 6.42 Å². The van der Waals surface area contributed by atoms with Crippen LogP contribution in [0.2, 0.25) is 5.02 Å². The molecule has 0 atom stereocenters. The molecule has 1 rings (SSSR count). The molecule has 5 heteroatoms. The van der Waals surface area contributed by atoms with Gasteiger partial charge in [0.25, 0.3) is 0 Å². The van der Waals surface area contributed by atoms with Gasteiger partial charge in [-0.2, -0.15) is 0 Å². The Kier molecular flexibility index (Phi) is 3.80. The van der Waals surface area contributed by atoms with Gasteiger partial charge in [-0.1, -0.05) is 17.7 Å². The highest BCUT2D eigenvalue weighted by Gasteiger charge is 2.15. The van der Waals surface area contributed by atoms with Crippen molar-refractivity contribution in [3.63, 3.8) is 0 Å². The quantitative estimate of drug-likeness (QED) is 0.860. The number of rotatable bonds is 4. The van der Waals surface area contributed by atoms with Crippen LogP contribution in [-0.4, -0.2) is 25.3 Å². The molecule has 1 aromatic rings. The van der Waals surface area contributed by atoms with E-state index in [4.69, 9.17) is 26.2 Å². The zero-order valence-corrected chi connectivity index (χ0v) is 9.17. The van der Waals surface area contributed by atoms with Gasteiger partial charge in [-0.15, -0.1) is 0 Å². The molecule has 82 valence electrons. The van der Waals surface area contributed by atoms with E-state index in [-0.39, 0.29) is 6.42 Å². The maximum atomic E-state index is 10.6. The summed E-state index contributed by atoms with van der Waals surface area (Å²) in [7, 11) is 2.90. The number of methoxy groups -OCH3 is 2. The number of halogens is 1. The van der Waals surface area contributed by atoms with Gasteiger partial charge >= 0.3 is 5.97 Å². The van der Waals surface area contributed by atoms with E-state index in [1.54, 1.807) is 12.1 Å². The molecule has 0 spiro atoms. The average molecular weight is 231 g/mol. The fraction of sp³-hybridized carbons (Fsp3) is 0.300. The summed E-state index contributed by atoms with van der Waals surface area (Å²) in [4.78, 5) is 10.6. The fourth-order valence-corrected chi connectivity index (χ4v) is 1.52. The molecule has 0 bridgehead atoms. The maximum absolute atomic E-state index is 10.6. The highest BCUT2D eigenvalue weighted by atomic mass is 35.5. The summed E-state index contributed by atoms with van der Waals surface area (Å²) in [6, 6.07) is 3.19. The van der Waals surface area contributed by atoms with Crippen LogP contribution in [0.15, 0.2) is 12.1 Å². The Morgan fingerprint density at radius 2 is 1.93 bits per heavy atom. The Balaban J connectivity index is 3.22. The van der Waals surface area contributed by atoms with Crippen LogP contribution < -0.4 is 9.47 Å². The van der Waals surface area contributed by atoms with Crippen molar-refractivity contribution in [3.05, 3.63) is 22.7 Å². The predicted molar refractivity (Wildman–Crippen MR) is 55.9 cm³/mol. The summed E-state index contributed by atoms with van der Waals surface area (Å²) in [6.45, 7) is 0. The fourth-order valence-electron chi connectivity index (χ4n) is 1.30. The second kappa shape index (κ2) is 4.89. The first-order valence-corrected chi connectivity index (χ1v) is 4.59. The largest absolute Gasteiger partial charge is 0.493 e. The van der Waals surface area contributed by atoms with E-state index in [9.17, 15) is 4.79 Å². The molecular weight excluding hydrogens is 220 g/mol. The Bertz CT molecular complexity index is 376. The zero-order valence-electron chi connectivity index (χ0n) is 8.41. The smallest absolute Gasteiger partial charge is 0.307 e. The number of hydrogen-bond donors (Lipinski definition) is 1. The molecule has 0 saturated heterocycles. The van der Waals surface area contributed by atoms with Crippen molar-refractivity contribution in [2.75, 3.05) is 14.2 Å². The summed E-state index contributed by atoms with van der Waals surface area (Å²) in [5.41, 5.74) is 0.534. The topological polar surface area (TPSA) is 55.8 Å². The molecule has 0 aliphatic heterocycles. The van der Waals surface area contributed by atoms with E-state index in [2.05, 4.69) is 0 Å². The lowest BCUT2D eigenvalue weighted by Crippen LogP contribution is -2.03. The summed E-state index contributed by atoms with van der Waals surface area (Å²) in [6.07, 6.45) is -0.128. The molecule has 0 radical (unpaired) electrons. The molecule has 0 heterocycles. The summed E-state index contributed by atoms with van der Waals surface area (Å²) < 4.78 is 10.1. The molecule has 0 aliphatic carbocycles. The third kappa shape index (κ3) is 2.53. The van der Waals surface area contributed by atoms with E-state index in [1.807, 2.05) is 0 Å². The molecule has 1 aromatic carbocycles. The van der Waals surface area contributed by atoms with Crippen LogP contribution in [0.3, 0.4) is 0 Å². The first kappa shape index (κ1) is 11.7. The highest BCUT2D eigenvalue weighted by Crippen LogP contribution is 2.37. The number of ether oxygens (including phenoxy) is 2. The van der Waals surface area contributed by atoms with E-state index in [1.165, 1.54) is 14.2 Å². The predicted octanol–water partition coefficient (Wildman–Crippen LogP) is 1.98. The first-order chi connectivity index (χ1) is 7.10. The van der Waals surface area contributed by atoms with Crippen LogP contribution in [-0.2, 0) is 11.2 Å². The van der Waals surface area contributed by atoms with Crippen LogP contribution in [0.25, 0.3) is 0 Å². The number of carboxylic acids is 1. The lowest BCUT2D eigenvalue weighted by molar-refractivity contribution is -0.136. The van der Waals surface area contributed by atoms with E-state index in [0.717, 1.165) is 0 Å². The average Bonchev–Trinajstić information content (AvgIpc) is 2.19. The van der Waals surface area contributed by atoms with Crippen LogP contribution in [0.1, 0.15) is 5.56 Å². The maximum Gasteiger partial charge on any atom is 0.307 e. The number of carboxylic acid groups (broad SMARTS) is 1. The van der Waals surface area contributed by atoms with Crippen molar-refractivity contribution in [2.24, 2.45) is 0 Å². The number of benzene rings is 1. The van der Waals surface area contributed by atoms with Gasteiger partial charge in [0.2, 0.25) is 0 Å². The Labute approximate surface area is 92.4 Å². The lowest BCUT2D eigenvalue weighted by Gasteiger charge is -2.12. The molecule has 1 N–H and O–H groups in total. The van der Waals surface area contributed by atoms with Gasteiger partial charge in [-0.3, -0.25) is 4.79 Å². The molecule has 0 amide bonds. The van der Waals surface area contributed by atoms with Gasteiger partial charge in [0.05, 0.1) is 25.7 Å². The zero-order chi connectivity index (χ0) is 11.4. The van der Waals surface area contributed by atoms with Crippen LogP contribution >= 0.6 is 11.6 Å². The number of carbonyl (C=O) groups is 1. The second-order valence-corrected chi connectivity index (χ2v) is 3.25. The van der Waals surface area contributed by atoms with Gasteiger partial charge in [0, 0.05) is 5.56 Å². The minimum atomic E-state index is -0.933. The van der Waals surface area contributed by atoms with Crippen LogP contribution in [0, 0.1) is 0 Å². The molecule has 4 nitrogen and oxygen atoms in total. The minimum Gasteiger partial charge on any atom is -0.493 e.